The van der Waals surface area contributed by atoms with Crippen molar-refractivity contribution in [2.24, 2.45) is 7.05 Å². The zero-order chi connectivity index (χ0) is 13.2. The molecule has 0 unspecified atom stereocenters. The van der Waals surface area contributed by atoms with Crippen molar-refractivity contribution in [1.82, 2.24) is 20.2 Å². The minimum atomic E-state index is -4.19. The van der Waals surface area contributed by atoms with Crippen molar-refractivity contribution < 1.29 is 17.5 Å². The maximum atomic E-state index is 10.5. The molecule has 0 aliphatic rings. The standard InChI is InChI=1S/C9H11N5O3S/c1-13-9(10-11-12-13)8-2-4-14(5-3-8)6-7-18(15,16)17/h2-5H,6-7H2,1H3. The normalized spacial score (nSPS) is 11.7. The van der Waals surface area contributed by atoms with Gasteiger partial charge < -0.3 is 4.55 Å². The quantitative estimate of drug-likeness (QED) is 0.505. The first-order valence-corrected chi connectivity index (χ1v) is 6.69. The Bertz CT molecular complexity index is 634. The Balaban J connectivity index is 2.13. The maximum absolute atomic E-state index is 10.5. The SMILES string of the molecule is Cn1nnnc1-c1cc[n+](CCS(=O)(=O)[O-])cc1. The molecule has 9 heteroatoms. The summed E-state index contributed by atoms with van der Waals surface area (Å²) in [4.78, 5) is 0. The van der Waals surface area contributed by atoms with Gasteiger partial charge in [-0.05, 0) is 10.4 Å². The van der Waals surface area contributed by atoms with Crippen molar-refractivity contribution in [1.29, 1.82) is 0 Å². The summed E-state index contributed by atoms with van der Waals surface area (Å²) < 4.78 is 34.7. The van der Waals surface area contributed by atoms with Gasteiger partial charge in [-0.25, -0.2) is 17.7 Å². The molecule has 0 spiro atoms. The molecule has 0 atom stereocenters. The van der Waals surface area contributed by atoms with Gasteiger partial charge in [0, 0.05) is 24.7 Å². The van der Waals surface area contributed by atoms with Gasteiger partial charge in [0.25, 0.3) is 0 Å². The summed E-state index contributed by atoms with van der Waals surface area (Å²) in [5, 5.41) is 11.1. The summed E-state index contributed by atoms with van der Waals surface area (Å²) >= 11 is 0. The molecule has 0 radical (unpaired) electrons. The first-order valence-electron chi connectivity index (χ1n) is 5.11. The molecule has 2 aromatic rings. The highest BCUT2D eigenvalue weighted by Crippen LogP contribution is 2.11. The zero-order valence-corrected chi connectivity index (χ0v) is 10.4. The Kier molecular flexibility index (Phi) is 3.34. The van der Waals surface area contributed by atoms with E-state index in [0.717, 1.165) is 5.56 Å². The van der Waals surface area contributed by atoms with Gasteiger partial charge in [-0.15, -0.1) is 5.10 Å². The molecule has 0 aromatic carbocycles. The van der Waals surface area contributed by atoms with E-state index in [2.05, 4.69) is 15.5 Å². The van der Waals surface area contributed by atoms with Crippen LogP contribution in [-0.2, 0) is 23.7 Å². The van der Waals surface area contributed by atoms with Crippen LogP contribution in [0, 0.1) is 0 Å². The largest absolute Gasteiger partial charge is 0.748 e. The van der Waals surface area contributed by atoms with Gasteiger partial charge >= 0.3 is 0 Å². The van der Waals surface area contributed by atoms with Crippen LogP contribution >= 0.6 is 0 Å². The van der Waals surface area contributed by atoms with Crippen molar-refractivity contribution in [3.05, 3.63) is 24.5 Å². The lowest BCUT2D eigenvalue weighted by atomic mass is 10.2. The second-order valence-electron chi connectivity index (χ2n) is 3.71. The second-order valence-corrected chi connectivity index (χ2v) is 5.24. The van der Waals surface area contributed by atoms with Crippen LogP contribution in [0.2, 0.25) is 0 Å². The summed E-state index contributed by atoms with van der Waals surface area (Å²) in [6, 6.07) is 3.51. The highest BCUT2D eigenvalue weighted by atomic mass is 32.2. The average molecular weight is 269 g/mol. The van der Waals surface area contributed by atoms with Crippen LogP contribution in [-0.4, -0.2) is 38.9 Å². The molecule has 0 fully saturated rings. The lowest BCUT2D eigenvalue weighted by molar-refractivity contribution is -0.692. The Labute approximate surface area is 104 Å². The highest BCUT2D eigenvalue weighted by molar-refractivity contribution is 7.85. The number of tetrazole rings is 1. The number of rotatable bonds is 4. The third kappa shape index (κ3) is 3.08. The molecule has 0 saturated carbocycles. The van der Waals surface area contributed by atoms with Crippen LogP contribution < -0.4 is 4.57 Å². The molecule has 0 N–H and O–H groups in total. The predicted molar refractivity (Wildman–Crippen MR) is 59.0 cm³/mol. The molecule has 0 amide bonds. The molecule has 0 bridgehead atoms. The number of nitrogens with zero attached hydrogens (tertiary/aromatic N) is 5. The number of pyridine rings is 1. The molecular weight excluding hydrogens is 258 g/mol. The van der Waals surface area contributed by atoms with Crippen LogP contribution in [0.1, 0.15) is 0 Å². The number of hydrogen-bond donors (Lipinski definition) is 0. The topological polar surface area (TPSA) is 105 Å². The molecular formula is C9H11N5O3S. The third-order valence-corrected chi connectivity index (χ3v) is 3.05. The Morgan fingerprint density at radius 3 is 2.56 bits per heavy atom. The van der Waals surface area contributed by atoms with E-state index in [4.69, 9.17) is 0 Å². The van der Waals surface area contributed by atoms with E-state index in [1.165, 1.54) is 4.68 Å². The van der Waals surface area contributed by atoms with Gasteiger partial charge in [-0.1, -0.05) is 0 Å². The number of aromatic nitrogens is 5. The Morgan fingerprint density at radius 2 is 2.06 bits per heavy atom. The molecule has 2 rings (SSSR count). The molecule has 96 valence electrons. The van der Waals surface area contributed by atoms with Crippen LogP contribution in [0.3, 0.4) is 0 Å². The Hall–Kier alpha value is -1.87. The lowest BCUT2D eigenvalue weighted by Crippen LogP contribution is -2.36. The van der Waals surface area contributed by atoms with Crippen LogP contribution in [0.4, 0.5) is 0 Å². The fourth-order valence-electron chi connectivity index (χ4n) is 1.45. The predicted octanol–water partition coefficient (Wildman–Crippen LogP) is -1.29. The second kappa shape index (κ2) is 4.78. The van der Waals surface area contributed by atoms with Crippen molar-refractivity contribution in [2.75, 3.05) is 5.75 Å². The minimum absolute atomic E-state index is 0.128. The summed E-state index contributed by atoms with van der Waals surface area (Å²) in [5.74, 6) is 0.182. The molecule has 0 saturated heterocycles. The first kappa shape index (κ1) is 12.6. The van der Waals surface area contributed by atoms with E-state index < -0.39 is 15.9 Å². The molecule has 2 aromatic heterocycles. The molecule has 0 aliphatic heterocycles. The van der Waals surface area contributed by atoms with Crippen LogP contribution in [0.5, 0.6) is 0 Å². The van der Waals surface area contributed by atoms with Crippen molar-refractivity contribution in [3.63, 3.8) is 0 Å². The van der Waals surface area contributed by atoms with Crippen LogP contribution in [0.15, 0.2) is 24.5 Å². The van der Waals surface area contributed by atoms with Crippen molar-refractivity contribution in [2.45, 2.75) is 6.54 Å². The van der Waals surface area contributed by atoms with Crippen molar-refractivity contribution >= 4 is 10.1 Å². The van der Waals surface area contributed by atoms with Gasteiger partial charge in [0.1, 0.15) is 10.1 Å². The van der Waals surface area contributed by atoms with E-state index in [0.29, 0.717) is 5.82 Å². The maximum Gasteiger partial charge on any atom is 0.182 e. The zero-order valence-electron chi connectivity index (χ0n) is 9.59. The van der Waals surface area contributed by atoms with Gasteiger partial charge in [-0.3, -0.25) is 0 Å². The summed E-state index contributed by atoms with van der Waals surface area (Å²) in [5.41, 5.74) is 0.809. The average Bonchev–Trinajstić information content (AvgIpc) is 2.73. The van der Waals surface area contributed by atoms with E-state index >= 15 is 0 Å². The van der Waals surface area contributed by atoms with Gasteiger partial charge in [0.15, 0.2) is 24.8 Å². The highest BCUT2D eigenvalue weighted by Gasteiger charge is 2.09. The molecule has 18 heavy (non-hydrogen) atoms. The Morgan fingerprint density at radius 1 is 1.39 bits per heavy atom. The van der Waals surface area contributed by atoms with Gasteiger partial charge in [-0.2, -0.15) is 0 Å². The summed E-state index contributed by atoms with van der Waals surface area (Å²) in [6.07, 6.45) is 3.35. The van der Waals surface area contributed by atoms with E-state index in [1.54, 1.807) is 36.1 Å². The fourth-order valence-corrected chi connectivity index (χ4v) is 1.88. The first-order chi connectivity index (χ1) is 8.46. The van der Waals surface area contributed by atoms with E-state index in [-0.39, 0.29) is 6.54 Å². The summed E-state index contributed by atoms with van der Waals surface area (Å²) in [7, 11) is -2.47. The van der Waals surface area contributed by atoms with E-state index in [9.17, 15) is 13.0 Å². The number of aryl methyl sites for hydroxylation is 2. The third-order valence-electron chi connectivity index (χ3n) is 2.37. The molecule has 2 heterocycles. The lowest BCUT2D eigenvalue weighted by Gasteiger charge is -2.03. The monoisotopic (exact) mass is 269 g/mol. The summed E-state index contributed by atoms with van der Waals surface area (Å²) in [6.45, 7) is 0.128. The van der Waals surface area contributed by atoms with Gasteiger partial charge in [0.2, 0.25) is 0 Å². The molecule has 0 aliphatic carbocycles. The van der Waals surface area contributed by atoms with Crippen LogP contribution in [0.25, 0.3) is 11.4 Å². The van der Waals surface area contributed by atoms with Gasteiger partial charge in [0.05, 0.1) is 5.75 Å². The fraction of sp³-hybridized carbons (Fsp3) is 0.333. The number of hydrogen-bond acceptors (Lipinski definition) is 6. The smallest absolute Gasteiger partial charge is 0.182 e. The minimum Gasteiger partial charge on any atom is -0.748 e. The van der Waals surface area contributed by atoms with Crippen molar-refractivity contribution in [3.8, 4) is 11.4 Å². The van der Waals surface area contributed by atoms with E-state index in [1.807, 2.05) is 0 Å². The molecule has 8 nitrogen and oxygen atoms in total.